The molecule has 21 heavy (non-hydrogen) atoms. The van der Waals surface area contributed by atoms with E-state index in [1.54, 1.807) is 19.1 Å². The van der Waals surface area contributed by atoms with E-state index < -0.39 is 10.0 Å². The van der Waals surface area contributed by atoms with Crippen LogP contribution in [0.4, 0.5) is 5.69 Å². The van der Waals surface area contributed by atoms with E-state index in [9.17, 15) is 13.5 Å². The van der Waals surface area contributed by atoms with Crippen molar-refractivity contribution in [3.8, 4) is 5.75 Å². The van der Waals surface area contributed by atoms with Crippen molar-refractivity contribution in [2.75, 3.05) is 10.8 Å². The molecule has 2 heterocycles. The van der Waals surface area contributed by atoms with Crippen LogP contribution in [0.3, 0.4) is 0 Å². The van der Waals surface area contributed by atoms with Crippen LogP contribution < -0.4 is 4.31 Å². The van der Waals surface area contributed by atoms with E-state index in [0.29, 0.717) is 16.6 Å². The maximum atomic E-state index is 12.8. The maximum Gasteiger partial charge on any atom is 0.274 e. The third-order valence-corrected chi connectivity index (χ3v) is 7.34. The third-order valence-electron chi connectivity index (χ3n) is 3.53. The van der Waals surface area contributed by atoms with E-state index in [-0.39, 0.29) is 9.96 Å². The zero-order chi connectivity index (χ0) is 15.2. The Balaban J connectivity index is 2.14. The van der Waals surface area contributed by atoms with Crippen molar-refractivity contribution >= 4 is 38.6 Å². The maximum absolute atomic E-state index is 12.8. The first-order valence-corrected chi connectivity index (χ1v) is 9.14. The Morgan fingerprint density at radius 1 is 1.38 bits per heavy atom. The fourth-order valence-electron chi connectivity index (χ4n) is 2.50. The van der Waals surface area contributed by atoms with Crippen molar-refractivity contribution in [3.63, 3.8) is 0 Å². The number of fused-ring (bicyclic) bond motifs is 1. The van der Waals surface area contributed by atoms with Crippen LogP contribution in [0.5, 0.6) is 5.75 Å². The molecule has 0 spiro atoms. The second-order valence-corrected chi connectivity index (χ2v) is 8.73. The van der Waals surface area contributed by atoms with Crippen molar-refractivity contribution in [1.29, 1.82) is 0 Å². The number of halogens is 1. The molecular weight excluding hydrogens is 330 g/mol. The van der Waals surface area contributed by atoms with Gasteiger partial charge in [0.2, 0.25) is 0 Å². The number of benzene rings is 1. The van der Waals surface area contributed by atoms with Gasteiger partial charge in [-0.1, -0.05) is 23.7 Å². The summed E-state index contributed by atoms with van der Waals surface area (Å²) >= 11 is 7.04. The topological polar surface area (TPSA) is 57.6 Å². The lowest BCUT2D eigenvalue weighted by atomic mass is 10.0. The van der Waals surface area contributed by atoms with Gasteiger partial charge in [-0.15, -0.1) is 11.3 Å². The highest BCUT2D eigenvalue weighted by Gasteiger charge is 2.32. The summed E-state index contributed by atoms with van der Waals surface area (Å²) in [5, 5.41) is 10.1. The first-order valence-electron chi connectivity index (χ1n) is 6.51. The number of sulfonamides is 1. The van der Waals surface area contributed by atoms with E-state index in [2.05, 4.69) is 0 Å². The number of hydrogen-bond donors (Lipinski definition) is 1. The molecule has 2 aromatic rings. The van der Waals surface area contributed by atoms with Crippen LogP contribution in [-0.2, 0) is 16.4 Å². The molecule has 0 saturated carbocycles. The van der Waals surface area contributed by atoms with Gasteiger partial charge in [-0.2, -0.15) is 0 Å². The molecule has 0 saturated heterocycles. The van der Waals surface area contributed by atoms with Crippen LogP contribution in [0.15, 0.2) is 28.5 Å². The first kappa shape index (κ1) is 14.7. The molecule has 1 N–H and O–H groups in total. The van der Waals surface area contributed by atoms with Crippen molar-refractivity contribution in [2.45, 2.75) is 24.0 Å². The average Bonchev–Trinajstić information content (AvgIpc) is 2.79. The Bertz CT molecular complexity index is 779. The quantitative estimate of drug-likeness (QED) is 0.907. The third kappa shape index (κ3) is 2.41. The van der Waals surface area contributed by atoms with E-state index in [1.165, 1.54) is 10.4 Å². The summed E-state index contributed by atoms with van der Waals surface area (Å²) in [5.74, 6) is -0.00449. The predicted octanol–water partition coefficient (Wildman–Crippen LogP) is 3.56. The summed E-state index contributed by atoms with van der Waals surface area (Å²) in [4.78, 5) is 0. The molecule has 1 aromatic carbocycles. The van der Waals surface area contributed by atoms with Crippen molar-refractivity contribution in [3.05, 3.63) is 39.7 Å². The molecule has 0 radical (unpaired) electrons. The van der Waals surface area contributed by atoms with Crippen LogP contribution >= 0.6 is 22.9 Å². The van der Waals surface area contributed by atoms with Gasteiger partial charge in [0.25, 0.3) is 10.0 Å². The van der Waals surface area contributed by atoms with Gasteiger partial charge in [-0.3, -0.25) is 4.31 Å². The highest BCUT2D eigenvalue weighted by atomic mass is 35.5. The molecule has 0 aliphatic carbocycles. The van der Waals surface area contributed by atoms with Crippen LogP contribution in [-0.4, -0.2) is 20.1 Å². The molecule has 0 unspecified atom stereocenters. The van der Waals surface area contributed by atoms with Gasteiger partial charge in [-0.25, -0.2) is 8.42 Å². The smallest absolute Gasteiger partial charge is 0.274 e. The molecule has 1 aliphatic heterocycles. The molecule has 0 bridgehead atoms. The fraction of sp³-hybridized carbons (Fsp3) is 0.286. The summed E-state index contributed by atoms with van der Waals surface area (Å²) < 4.78 is 27.6. The molecule has 7 heteroatoms. The van der Waals surface area contributed by atoms with Crippen LogP contribution in [0.1, 0.15) is 17.5 Å². The Morgan fingerprint density at radius 3 is 2.81 bits per heavy atom. The van der Waals surface area contributed by atoms with E-state index in [4.69, 9.17) is 11.6 Å². The number of aryl methyl sites for hydroxylation is 2. The molecule has 1 aliphatic rings. The second-order valence-electron chi connectivity index (χ2n) is 4.99. The summed E-state index contributed by atoms with van der Waals surface area (Å²) in [6.07, 6.45) is 1.49. The van der Waals surface area contributed by atoms with E-state index >= 15 is 0 Å². The number of thiophene rings is 1. The minimum Gasteiger partial charge on any atom is -0.506 e. The number of phenolic OH excluding ortho intramolecular Hbond substituents is 1. The van der Waals surface area contributed by atoms with Crippen LogP contribution in [0.2, 0.25) is 4.34 Å². The number of anilines is 1. The zero-order valence-corrected chi connectivity index (χ0v) is 13.7. The minimum atomic E-state index is -3.69. The van der Waals surface area contributed by atoms with Crippen molar-refractivity contribution in [2.24, 2.45) is 0 Å². The Kier molecular flexibility index (Phi) is 3.63. The summed E-state index contributed by atoms with van der Waals surface area (Å²) in [7, 11) is -3.69. The summed E-state index contributed by atoms with van der Waals surface area (Å²) in [6, 6.07) is 6.68. The molecule has 1 aromatic heterocycles. The number of nitrogens with zero attached hydrogens (tertiary/aromatic N) is 1. The van der Waals surface area contributed by atoms with Gasteiger partial charge < -0.3 is 5.11 Å². The predicted molar refractivity (Wildman–Crippen MR) is 85.0 cm³/mol. The minimum absolute atomic E-state index is 0.00449. The Morgan fingerprint density at radius 2 is 2.14 bits per heavy atom. The zero-order valence-electron chi connectivity index (χ0n) is 11.3. The molecular formula is C14H14ClNO3S2. The second kappa shape index (κ2) is 5.19. The number of aromatic hydroxyl groups is 1. The van der Waals surface area contributed by atoms with Crippen molar-refractivity contribution in [1.82, 2.24) is 0 Å². The SMILES string of the molecule is Cc1cc(S(=O)(=O)N2CCCc3cccc(O)c32)sc1Cl. The average molecular weight is 344 g/mol. The molecule has 112 valence electrons. The number of phenols is 1. The van der Waals surface area contributed by atoms with Crippen molar-refractivity contribution < 1.29 is 13.5 Å². The van der Waals surface area contributed by atoms with Crippen LogP contribution in [0, 0.1) is 6.92 Å². The summed E-state index contributed by atoms with van der Waals surface area (Å²) in [5.41, 5.74) is 1.99. The number of hydrogen-bond acceptors (Lipinski definition) is 4. The van der Waals surface area contributed by atoms with E-state index in [0.717, 1.165) is 35.3 Å². The number of rotatable bonds is 2. The highest BCUT2D eigenvalue weighted by molar-refractivity contribution is 7.94. The Hall–Kier alpha value is -1.24. The Labute approximate surface area is 132 Å². The lowest BCUT2D eigenvalue weighted by molar-refractivity contribution is 0.473. The standard InChI is InChI=1S/C14H14ClNO3S2/c1-9-8-12(20-14(9)15)21(18,19)16-7-3-5-10-4-2-6-11(17)13(10)16/h2,4,6,8,17H,3,5,7H2,1H3. The number of para-hydroxylation sites is 1. The monoisotopic (exact) mass is 343 g/mol. The summed E-state index contributed by atoms with van der Waals surface area (Å²) in [6.45, 7) is 2.14. The van der Waals surface area contributed by atoms with Gasteiger partial charge in [0, 0.05) is 6.54 Å². The largest absolute Gasteiger partial charge is 0.506 e. The molecule has 0 amide bonds. The molecule has 0 fully saturated rings. The van der Waals surface area contributed by atoms with Gasteiger partial charge in [0.1, 0.15) is 9.96 Å². The van der Waals surface area contributed by atoms with Gasteiger partial charge in [0.05, 0.1) is 10.0 Å². The van der Waals surface area contributed by atoms with Crippen LogP contribution in [0.25, 0.3) is 0 Å². The lowest BCUT2D eigenvalue weighted by Crippen LogP contribution is -2.35. The van der Waals surface area contributed by atoms with Gasteiger partial charge >= 0.3 is 0 Å². The molecule has 0 atom stereocenters. The van der Waals surface area contributed by atoms with E-state index in [1.807, 2.05) is 6.07 Å². The molecule has 4 nitrogen and oxygen atoms in total. The van der Waals surface area contributed by atoms with Gasteiger partial charge in [0.15, 0.2) is 0 Å². The first-order chi connectivity index (χ1) is 9.91. The highest BCUT2D eigenvalue weighted by Crippen LogP contribution is 2.40. The normalized spacial score (nSPS) is 15.0. The lowest BCUT2D eigenvalue weighted by Gasteiger charge is -2.30. The molecule has 3 rings (SSSR count). The fourth-order valence-corrected chi connectivity index (χ4v) is 5.88. The van der Waals surface area contributed by atoms with Gasteiger partial charge in [-0.05, 0) is 43.0 Å².